The third kappa shape index (κ3) is 3.43. The van der Waals surface area contributed by atoms with Crippen LogP contribution in [0.15, 0.2) is 48.5 Å². The fourth-order valence-electron chi connectivity index (χ4n) is 1.63. The summed E-state index contributed by atoms with van der Waals surface area (Å²) in [5, 5.41) is 18.0. The molecule has 0 N–H and O–H groups in total. The third-order valence-electron chi connectivity index (χ3n) is 2.63. The van der Waals surface area contributed by atoms with E-state index >= 15 is 0 Å². The van der Waals surface area contributed by atoms with Crippen molar-refractivity contribution in [2.75, 3.05) is 0 Å². The topological polar surface area (TPSA) is 47.6 Å². The highest BCUT2D eigenvalue weighted by Crippen LogP contribution is 2.19. The molecule has 2 aromatic carbocycles. The van der Waals surface area contributed by atoms with Crippen LogP contribution in [0.5, 0.6) is 0 Å². The summed E-state index contributed by atoms with van der Waals surface area (Å²) in [7, 11) is 0. The van der Waals surface area contributed by atoms with Crippen LogP contribution in [-0.4, -0.2) is 0 Å². The summed E-state index contributed by atoms with van der Waals surface area (Å²) in [6, 6.07) is 19.2. The standard InChI is InChI=1S/C16H9IN2/c17-16-7-5-14(6-8-16)15(11-19)9-12-1-3-13(10-18)4-2-12/h1-9H/b15-9-. The molecule has 0 amide bonds. The van der Waals surface area contributed by atoms with Gasteiger partial charge in [0.1, 0.15) is 0 Å². The van der Waals surface area contributed by atoms with Gasteiger partial charge in [0.25, 0.3) is 0 Å². The highest BCUT2D eigenvalue weighted by molar-refractivity contribution is 14.1. The van der Waals surface area contributed by atoms with E-state index < -0.39 is 0 Å². The molecule has 2 rings (SSSR count). The van der Waals surface area contributed by atoms with Crippen molar-refractivity contribution >= 4 is 34.2 Å². The molecule has 0 aliphatic rings. The summed E-state index contributed by atoms with van der Waals surface area (Å²) in [5.41, 5.74) is 3.03. The zero-order valence-corrected chi connectivity index (χ0v) is 12.1. The van der Waals surface area contributed by atoms with E-state index in [1.54, 1.807) is 12.1 Å². The molecule has 2 aromatic rings. The number of nitrogens with zero attached hydrogens (tertiary/aromatic N) is 2. The summed E-state index contributed by atoms with van der Waals surface area (Å²) >= 11 is 2.23. The summed E-state index contributed by atoms with van der Waals surface area (Å²) in [6.45, 7) is 0. The molecule has 0 atom stereocenters. The van der Waals surface area contributed by atoms with Gasteiger partial charge in [0, 0.05) is 3.57 Å². The summed E-state index contributed by atoms with van der Waals surface area (Å²) in [5.74, 6) is 0. The summed E-state index contributed by atoms with van der Waals surface area (Å²) < 4.78 is 1.14. The molecule has 0 saturated heterocycles. The van der Waals surface area contributed by atoms with Crippen LogP contribution in [0.4, 0.5) is 0 Å². The lowest BCUT2D eigenvalue weighted by molar-refractivity contribution is 1.48. The lowest BCUT2D eigenvalue weighted by Gasteiger charge is -2.00. The zero-order valence-electron chi connectivity index (χ0n) is 9.97. The molecule has 19 heavy (non-hydrogen) atoms. The second kappa shape index (κ2) is 6.17. The molecule has 0 radical (unpaired) electrons. The second-order valence-corrected chi connectivity index (χ2v) is 5.16. The van der Waals surface area contributed by atoms with E-state index in [0.29, 0.717) is 11.1 Å². The van der Waals surface area contributed by atoms with Gasteiger partial charge < -0.3 is 0 Å². The van der Waals surface area contributed by atoms with Gasteiger partial charge in [-0.15, -0.1) is 0 Å². The van der Waals surface area contributed by atoms with Crippen LogP contribution in [0.3, 0.4) is 0 Å². The van der Waals surface area contributed by atoms with E-state index in [1.165, 1.54) is 0 Å². The number of hydrogen-bond donors (Lipinski definition) is 0. The summed E-state index contributed by atoms with van der Waals surface area (Å²) in [6.07, 6.45) is 1.82. The van der Waals surface area contributed by atoms with Crippen molar-refractivity contribution < 1.29 is 0 Å². The first-order valence-corrected chi connectivity index (χ1v) is 6.69. The number of halogens is 1. The van der Waals surface area contributed by atoms with Gasteiger partial charge in [-0.25, -0.2) is 0 Å². The smallest absolute Gasteiger partial charge is 0.0998 e. The van der Waals surface area contributed by atoms with E-state index in [4.69, 9.17) is 5.26 Å². The van der Waals surface area contributed by atoms with Crippen molar-refractivity contribution in [3.8, 4) is 12.1 Å². The van der Waals surface area contributed by atoms with E-state index in [0.717, 1.165) is 14.7 Å². The van der Waals surface area contributed by atoms with Gasteiger partial charge in [-0.3, -0.25) is 0 Å². The molecule has 0 aromatic heterocycles. The fraction of sp³-hybridized carbons (Fsp3) is 0. The van der Waals surface area contributed by atoms with Crippen LogP contribution in [-0.2, 0) is 0 Å². The van der Waals surface area contributed by atoms with Gasteiger partial charge in [0.2, 0.25) is 0 Å². The zero-order chi connectivity index (χ0) is 13.7. The fourth-order valence-corrected chi connectivity index (χ4v) is 1.99. The average Bonchev–Trinajstić information content (AvgIpc) is 2.46. The molecule has 0 saturated carbocycles. The first-order chi connectivity index (χ1) is 9.22. The molecule has 0 aliphatic carbocycles. The predicted octanol–water partition coefficient (Wildman–Crippen LogP) is 4.23. The SMILES string of the molecule is N#C/C(=C/c1ccc(C#N)cc1)c1ccc(I)cc1. The monoisotopic (exact) mass is 356 g/mol. The van der Waals surface area contributed by atoms with Gasteiger partial charge in [-0.1, -0.05) is 24.3 Å². The van der Waals surface area contributed by atoms with E-state index in [2.05, 4.69) is 34.7 Å². The molecule has 0 fully saturated rings. The van der Waals surface area contributed by atoms with Crippen molar-refractivity contribution in [1.82, 2.24) is 0 Å². The maximum atomic E-state index is 9.24. The maximum absolute atomic E-state index is 9.24. The Morgan fingerprint density at radius 2 is 1.58 bits per heavy atom. The van der Waals surface area contributed by atoms with Crippen molar-refractivity contribution in [3.63, 3.8) is 0 Å². The number of benzene rings is 2. The van der Waals surface area contributed by atoms with Crippen molar-refractivity contribution in [1.29, 1.82) is 10.5 Å². The molecular formula is C16H9IN2. The minimum atomic E-state index is 0.612. The van der Waals surface area contributed by atoms with Gasteiger partial charge in [0.05, 0.1) is 23.3 Å². The molecule has 0 spiro atoms. The predicted molar refractivity (Wildman–Crippen MR) is 83.8 cm³/mol. The largest absolute Gasteiger partial charge is 0.192 e. The first-order valence-electron chi connectivity index (χ1n) is 5.61. The van der Waals surface area contributed by atoms with Gasteiger partial charge >= 0.3 is 0 Å². The van der Waals surface area contributed by atoms with Crippen molar-refractivity contribution in [2.45, 2.75) is 0 Å². The van der Waals surface area contributed by atoms with Crippen molar-refractivity contribution in [3.05, 3.63) is 68.8 Å². The maximum Gasteiger partial charge on any atom is 0.0998 e. The minimum absolute atomic E-state index is 0.612. The Balaban J connectivity index is 2.36. The quantitative estimate of drug-likeness (QED) is 0.459. The second-order valence-electron chi connectivity index (χ2n) is 3.91. The Morgan fingerprint density at radius 1 is 0.947 bits per heavy atom. The highest BCUT2D eigenvalue weighted by Gasteiger charge is 2.01. The lowest BCUT2D eigenvalue weighted by Crippen LogP contribution is -1.83. The number of nitriles is 2. The first kappa shape index (κ1) is 13.3. The normalized spacial score (nSPS) is 10.6. The van der Waals surface area contributed by atoms with Crippen LogP contribution < -0.4 is 0 Å². The molecule has 3 heteroatoms. The number of hydrogen-bond acceptors (Lipinski definition) is 2. The lowest BCUT2D eigenvalue weighted by atomic mass is 10.0. The van der Waals surface area contributed by atoms with Gasteiger partial charge in [0.15, 0.2) is 0 Å². The molecule has 0 unspecified atom stereocenters. The number of rotatable bonds is 2. The molecule has 0 aliphatic heterocycles. The number of allylic oxidation sites excluding steroid dienone is 1. The molecule has 2 nitrogen and oxygen atoms in total. The van der Waals surface area contributed by atoms with E-state index in [1.807, 2.05) is 42.5 Å². The third-order valence-corrected chi connectivity index (χ3v) is 3.35. The molecule has 0 heterocycles. The average molecular weight is 356 g/mol. The minimum Gasteiger partial charge on any atom is -0.192 e. The Labute approximate surface area is 125 Å². The Morgan fingerprint density at radius 3 is 2.11 bits per heavy atom. The molecule has 0 bridgehead atoms. The van der Waals surface area contributed by atoms with Crippen LogP contribution in [0.2, 0.25) is 0 Å². The highest BCUT2D eigenvalue weighted by atomic mass is 127. The Kier molecular flexibility index (Phi) is 4.33. The van der Waals surface area contributed by atoms with Gasteiger partial charge in [-0.2, -0.15) is 10.5 Å². The Bertz CT molecular complexity index is 684. The summed E-state index contributed by atoms with van der Waals surface area (Å²) in [4.78, 5) is 0. The van der Waals surface area contributed by atoms with Crippen LogP contribution >= 0.6 is 22.6 Å². The van der Waals surface area contributed by atoms with E-state index in [9.17, 15) is 5.26 Å². The van der Waals surface area contributed by atoms with E-state index in [-0.39, 0.29) is 0 Å². The van der Waals surface area contributed by atoms with Gasteiger partial charge in [-0.05, 0) is 64.1 Å². The van der Waals surface area contributed by atoms with Crippen molar-refractivity contribution in [2.24, 2.45) is 0 Å². The van der Waals surface area contributed by atoms with Crippen LogP contribution in [0.1, 0.15) is 16.7 Å². The van der Waals surface area contributed by atoms with Crippen LogP contribution in [0.25, 0.3) is 11.6 Å². The molecule has 90 valence electrons. The molecular weight excluding hydrogens is 347 g/mol. The van der Waals surface area contributed by atoms with Crippen LogP contribution in [0, 0.1) is 26.2 Å². The Hall–Kier alpha value is -2.11.